The minimum Gasteiger partial charge on any atom is -0.298 e. The lowest BCUT2D eigenvalue weighted by molar-refractivity contribution is -0.105. The Kier molecular flexibility index (Phi) is 3.47. The van der Waals surface area contributed by atoms with Crippen LogP contribution >= 0.6 is 0 Å². The number of aldehydes is 1. The fourth-order valence-corrected chi connectivity index (χ4v) is 1.87. The highest BCUT2D eigenvalue weighted by Crippen LogP contribution is 2.35. The molecule has 0 spiro atoms. The molecule has 1 aliphatic carbocycles. The van der Waals surface area contributed by atoms with Gasteiger partial charge in [-0.05, 0) is 42.7 Å². The zero-order valence-electron chi connectivity index (χ0n) is 8.71. The second kappa shape index (κ2) is 4.40. The predicted molar refractivity (Wildman–Crippen MR) is 55.5 cm³/mol. The number of rotatable bonds is 3. The minimum atomic E-state index is 0.673. The van der Waals surface area contributed by atoms with Gasteiger partial charge in [-0.2, -0.15) is 0 Å². The van der Waals surface area contributed by atoms with Gasteiger partial charge in [-0.3, -0.25) is 4.79 Å². The monoisotopic (exact) mass is 178 g/mol. The van der Waals surface area contributed by atoms with E-state index in [0.717, 1.165) is 24.7 Å². The summed E-state index contributed by atoms with van der Waals surface area (Å²) in [4.78, 5) is 10.8. The molecule has 0 N–H and O–H groups in total. The topological polar surface area (TPSA) is 17.1 Å². The van der Waals surface area contributed by atoms with E-state index in [9.17, 15) is 4.79 Å². The van der Waals surface area contributed by atoms with Crippen LogP contribution in [0.4, 0.5) is 0 Å². The summed E-state index contributed by atoms with van der Waals surface area (Å²) in [6.07, 6.45) is 7.17. The molecule has 0 aromatic rings. The zero-order chi connectivity index (χ0) is 9.84. The van der Waals surface area contributed by atoms with E-state index in [2.05, 4.69) is 19.9 Å². The third-order valence-corrected chi connectivity index (χ3v) is 2.83. The molecule has 0 radical (unpaired) electrons. The lowest BCUT2D eigenvalue weighted by Crippen LogP contribution is -2.04. The van der Waals surface area contributed by atoms with Crippen molar-refractivity contribution in [1.82, 2.24) is 0 Å². The molecule has 0 fully saturated rings. The van der Waals surface area contributed by atoms with Gasteiger partial charge in [-0.15, -0.1) is 0 Å². The molecule has 0 aromatic heterocycles. The van der Waals surface area contributed by atoms with Crippen molar-refractivity contribution in [2.24, 2.45) is 11.8 Å². The summed E-state index contributed by atoms with van der Waals surface area (Å²) in [6, 6.07) is 0. The molecule has 0 amide bonds. The van der Waals surface area contributed by atoms with Crippen LogP contribution in [0.1, 0.15) is 33.6 Å². The predicted octanol–water partition coefficient (Wildman–Crippen LogP) is 3.12. The number of allylic oxidation sites excluding steroid dienone is 4. The van der Waals surface area contributed by atoms with Crippen molar-refractivity contribution in [3.05, 3.63) is 23.3 Å². The van der Waals surface area contributed by atoms with Crippen molar-refractivity contribution >= 4 is 6.29 Å². The van der Waals surface area contributed by atoms with Crippen molar-refractivity contribution in [2.45, 2.75) is 33.6 Å². The Morgan fingerprint density at radius 2 is 1.92 bits per heavy atom. The molecule has 1 atom stereocenters. The van der Waals surface area contributed by atoms with E-state index >= 15 is 0 Å². The molecular weight excluding hydrogens is 160 g/mol. The number of hydrogen-bond acceptors (Lipinski definition) is 1. The van der Waals surface area contributed by atoms with Crippen molar-refractivity contribution < 1.29 is 4.79 Å². The summed E-state index contributed by atoms with van der Waals surface area (Å²) in [7, 11) is 0. The average molecular weight is 178 g/mol. The highest BCUT2D eigenvalue weighted by Gasteiger charge is 2.24. The molecule has 0 aliphatic heterocycles. The first-order valence-electron chi connectivity index (χ1n) is 4.99. The molecule has 72 valence electrons. The van der Waals surface area contributed by atoms with Crippen LogP contribution in [0.15, 0.2) is 23.3 Å². The molecule has 1 unspecified atom stereocenters. The van der Waals surface area contributed by atoms with Gasteiger partial charge in [0.25, 0.3) is 0 Å². The highest BCUT2D eigenvalue weighted by atomic mass is 16.1. The van der Waals surface area contributed by atoms with Gasteiger partial charge in [0.15, 0.2) is 0 Å². The lowest BCUT2D eigenvalue weighted by Gasteiger charge is -2.13. The van der Waals surface area contributed by atoms with Crippen LogP contribution in [0.2, 0.25) is 0 Å². The molecule has 1 aliphatic rings. The molecule has 0 saturated carbocycles. The Balaban J connectivity index is 2.74. The van der Waals surface area contributed by atoms with E-state index in [0.29, 0.717) is 11.8 Å². The smallest absolute Gasteiger partial charge is 0.146 e. The molecule has 1 rings (SSSR count). The largest absolute Gasteiger partial charge is 0.298 e. The van der Waals surface area contributed by atoms with Crippen molar-refractivity contribution in [3.8, 4) is 0 Å². The number of carbonyl (C=O) groups excluding carboxylic acids is 1. The lowest BCUT2D eigenvalue weighted by atomic mass is 9.92. The third kappa shape index (κ3) is 2.30. The van der Waals surface area contributed by atoms with Crippen molar-refractivity contribution in [2.75, 3.05) is 0 Å². The fraction of sp³-hybridized carbons (Fsp3) is 0.583. The second-order valence-corrected chi connectivity index (χ2v) is 4.08. The molecule has 1 heteroatoms. The maximum atomic E-state index is 10.8. The van der Waals surface area contributed by atoms with Gasteiger partial charge in [0.05, 0.1) is 0 Å². The number of hydrogen-bond donors (Lipinski definition) is 0. The molecule has 0 saturated heterocycles. The number of carbonyl (C=O) groups is 1. The standard InChI is InChI=1S/C12H18O/c1-4-5-10-6-11(9(2)3)7-12(10)8-13/h4-5,8-9,11H,6-7H2,1-3H3/b5-4-. The van der Waals surface area contributed by atoms with Crippen LogP contribution in [0.25, 0.3) is 0 Å². The normalized spacial score (nSPS) is 23.5. The zero-order valence-corrected chi connectivity index (χ0v) is 8.71. The summed E-state index contributed by atoms with van der Waals surface area (Å²) in [5.41, 5.74) is 2.26. The van der Waals surface area contributed by atoms with Crippen LogP contribution < -0.4 is 0 Å². The fourth-order valence-electron chi connectivity index (χ4n) is 1.87. The quantitative estimate of drug-likeness (QED) is 0.607. The van der Waals surface area contributed by atoms with Crippen LogP contribution in [0.3, 0.4) is 0 Å². The van der Waals surface area contributed by atoms with Gasteiger partial charge < -0.3 is 0 Å². The van der Waals surface area contributed by atoms with Gasteiger partial charge in [-0.25, -0.2) is 0 Å². The first kappa shape index (κ1) is 10.2. The summed E-state index contributed by atoms with van der Waals surface area (Å²) < 4.78 is 0. The Hall–Kier alpha value is -0.850. The molecular formula is C12H18O. The summed E-state index contributed by atoms with van der Waals surface area (Å²) in [5, 5.41) is 0. The minimum absolute atomic E-state index is 0.673. The Labute approximate surface area is 80.5 Å². The summed E-state index contributed by atoms with van der Waals surface area (Å²) >= 11 is 0. The SMILES string of the molecule is C/C=C\C1=C(C=O)CC(C(C)C)C1. The maximum absolute atomic E-state index is 10.8. The maximum Gasteiger partial charge on any atom is 0.146 e. The highest BCUT2D eigenvalue weighted by molar-refractivity contribution is 5.76. The van der Waals surface area contributed by atoms with Crippen molar-refractivity contribution in [1.29, 1.82) is 0 Å². The Morgan fingerprint density at radius 1 is 1.31 bits per heavy atom. The second-order valence-electron chi connectivity index (χ2n) is 4.08. The Morgan fingerprint density at radius 3 is 2.38 bits per heavy atom. The van der Waals surface area contributed by atoms with Gasteiger partial charge in [-0.1, -0.05) is 26.0 Å². The molecule has 1 nitrogen and oxygen atoms in total. The van der Waals surface area contributed by atoms with Crippen LogP contribution in [-0.2, 0) is 4.79 Å². The molecule has 0 aromatic carbocycles. The summed E-state index contributed by atoms with van der Waals surface area (Å²) in [6.45, 7) is 6.45. The van der Waals surface area contributed by atoms with E-state index in [1.54, 1.807) is 0 Å². The van der Waals surface area contributed by atoms with Crippen LogP contribution in [0.5, 0.6) is 0 Å². The molecule has 0 heterocycles. The average Bonchev–Trinajstić information content (AvgIpc) is 2.48. The van der Waals surface area contributed by atoms with Gasteiger partial charge in [0.2, 0.25) is 0 Å². The first-order valence-corrected chi connectivity index (χ1v) is 4.99. The Bertz CT molecular complexity index is 246. The van der Waals surface area contributed by atoms with E-state index in [1.807, 2.05) is 13.0 Å². The van der Waals surface area contributed by atoms with Gasteiger partial charge >= 0.3 is 0 Å². The van der Waals surface area contributed by atoms with E-state index in [4.69, 9.17) is 0 Å². The molecule has 0 bridgehead atoms. The van der Waals surface area contributed by atoms with Crippen LogP contribution in [-0.4, -0.2) is 6.29 Å². The third-order valence-electron chi connectivity index (χ3n) is 2.83. The van der Waals surface area contributed by atoms with Crippen molar-refractivity contribution in [3.63, 3.8) is 0 Å². The van der Waals surface area contributed by atoms with Gasteiger partial charge in [0.1, 0.15) is 6.29 Å². The molecule has 13 heavy (non-hydrogen) atoms. The van der Waals surface area contributed by atoms with E-state index < -0.39 is 0 Å². The van der Waals surface area contributed by atoms with Gasteiger partial charge in [0, 0.05) is 0 Å². The summed E-state index contributed by atoms with van der Waals surface area (Å²) in [5.74, 6) is 1.35. The van der Waals surface area contributed by atoms with E-state index in [1.165, 1.54) is 5.57 Å². The van der Waals surface area contributed by atoms with E-state index in [-0.39, 0.29) is 0 Å². The van der Waals surface area contributed by atoms with Crippen LogP contribution in [0, 0.1) is 11.8 Å². The first-order chi connectivity index (χ1) is 6.19.